The zero-order valence-electron chi connectivity index (χ0n) is 10.6. The first-order chi connectivity index (χ1) is 8.11. The Bertz CT molecular complexity index is 319. The molecular formula is C12H21N3O2. The lowest BCUT2D eigenvalue weighted by molar-refractivity contribution is -0.124. The molecule has 0 radical (unpaired) electrons. The van der Waals surface area contributed by atoms with Crippen molar-refractivity contribution in [1.82, 2.24) is 15.1 Å². The van der Waals surface area contributed by atoms with Crippen molar-refractivity contribution >= 4 is 11.8 Å². The molecule has 0 saturated carbocycles. The van der Waals surface area contributed by atoms with E-state index in [-0.39, 0.29) is 18.0 Å². The van der Waals surface area contributed by atoms with Crippen LogP contribution in [-0.2, 0) is 4.79 Å². The van der Waals surface area contributed by atoms with Gasteiger partial charge in [-0.2, -0.15) is 0 Å². The summed E-state index contributed by atoms with van der Waals surface area (Å²) in [7, 11) is 0. The average Bonchev–Trinajstić information content (AvgIpc) is 2.69. The van der Waals surface area contributed by atoms with Crippen molar-refractivity contribution in [2.45, 2.75) is 26.3 Å². The van der Waals surface area contributed by atoms with E-state index in [1.54, 1.807) is 0 Å². The largest absolute Gasteiger partial charge is 0.336 e. The maximum atomic E-state index is 11.9. The zero-order valence-corrected chi connectivity index (χ0v) is 10.6. The quantitative estimate of drug-likeness (QED) is 0.768. The molecule has 0 bridgehead atoms. The number of carbonyl (C=O) groups is 2. The molecule has 5 heteroatoms. The molecule has 2 heterocycles. The summed E-state index contributed by atoms with van der Waals surface area (Å²) in [5.41, 5.74) is 0. The van der Waals surface area contributed by atoms with Gasteiger partial charge in [-0.3, -0.25) is 9.69 Å². The fourth-order valence-electron chi connectivity index (χ4n) is 2.42. The first-order valence-corrected chi connectivity index (χ1v) is 6.41. The van der Waals surface area contributed by atoms with Gasteiger partial charge in [-0.25, -0.2) is 4.79 Å². The summed E-state index contributed by atoms with van der Waals surface area (Å²) in [5, 5.41) is 2.84. The Kier molecular flexibility index (Phi) is 3.66. The minimum atomic E-state index is 0.0444. The average molecular weight is 239 g/mol. The van der Waals surface area contributed by atoms with E-state index < -0.39 is 0 Å². The van der Waals surface area contributed by atoms with Gasteiger partial charge in [-0.05, 0) is 6.42 Å². The van der Waals surface area contributed by atoms with Crippen molar-refractivity contribution in [3.05, 3.63) is 0 Å². The third kappa shape index (κ3) is 2.60. The van der Waals surface area contributed by atoms with Crippen molar-refractivity contribution in [3.8, 4) is 0 Å². The summed E-state index contributed by atoms with van der Waals surface area (Å²) in [5.74, 6) is 0.467. The number of nitrogens with zero attached hydrogens (tertiary/aromatic N) is 2. The number of rotatable bonds is 4. The summed E-state index contributed by atoms with van der Waals surface area (Å²) in [6, 6.07) is 0.295. The molecular weight excluding hydrogens is 218 g/mol. The molecule has 96 valence electrons. The Hall–Kier alpha value is -1.10. The second kappa shape index (κ2) is 5.04. The van der Waals surface area contributed by atoms with Crippen molar-refractivity contribution in [3.63, 3.8) is 0 Å². The van der Waals surface area contributed by atoms with Crippen LogP contribution in [-0.4, -0.2) is 60.4 Å². The van der Waals surface area contributed by atoms with E-state index in [2.05, 4.69) is 10.2 Å². The highest BCUT2D eigenvalue weighted by Crippen LogP contribution is 2.14. The summed E-state index contributed by atoms with van der Waals surface area (Å²) in [4.78, 5) is 27.3. The van der Waals surface area contributed by atoms with Crippen LogP contribution in [0.4, 0.5) is 4.79 Å². The van der Waals surface area contributed by atoms with Crippen LogP contribution in [0.2, 0.25) is 0 Å². The summed E-state index contributed by atoms with van der Waals surface area (Å²) in [6.07, 6.45) is 0.905. The van der Waals surface area contributed by atoms with Crippen molar-refractivity contribution in [2.75, 3.05) is 32.7 Å². The molecule has 2 fully saturated rings. The number of carbonyl (C=O) groups excluding carboxylic acids is 2. The van der Waals surface area contributed by atoms with Crippen LogP contribution >= 0.6 is 0 Å². The highest BCUT2D eigenvalue weighted by atomic mass is 16.2. The Morgan fingerprint density at radius 1 is 1.53 bits per heavy atom. The van der Waals surface area contributed by atoms with Crippen LogP contribution in [0.1, 0.15) is 20.3 Å². The highest BCUT2D eigenvalue weighted by molar-refractivity contribution is 5.82. The first-order valence-electron chi connectivity index (χ1n) is 6.41. The van der Waals surface area contributed by atoms with Crippen LogP contribution in [0.25, 0.3) is 0 Å². The molecule has 0 spiro atoms. The lowest BCUT2D eigenvalue weighted by atomic mass is 10.0. The zero-order chi connectivity index (χ0) is 12.4. The van der Waals surface area contributed by atoms with E-state index in [1.807, 2.05) is 18.7 Å². The van der Waals surface area contributed by atoms with Crippen LogP contribution in [0.15, 0.2) is 0 Å². The predicted molar refractivity (Wildman–Crippen MR) is 64.8 cm³/mol. The Morgan fingerprint density at radius 3 is 3.00 bits per heavy atom. The number of amides is 2. The van der Waals surface area contributed by atoms with Crippen molar-refractivity contribution in [2.24, 2.45) is 5.92 Å². The van der Waals surface area contributed by atoms with Gasteiger partial charge in [0.2, 0.25) is 0 Å². The smallest absolute Gasteiger partial charge is 0.317 e. The van der Waals surface area contributed by atoms with Gasteiger partial charge in [0.25, 0.3) is 0 Å². The van der Waals surface area contributed by atoms with Crippen LogP contribution < -0.4 is 5.32 Å². The molecule has 2 rings (SSSR count). The summed E-state index contributed by atoms with van der Waals surface area (Å²) >= 11 is 0. The van der Waals surface area contributed by atoms with Gasteiger partial charge in [-0.1, -0.05) is 13.8 Å². The molecule has 1 N–H and O–H groups in total. The molecule has 2 amide bonds. The van der Waals surface area contributed by atoms with Gasteiger partial charge < -0.3 is 10.2 Å². The molecule has 2 atom stereocenters. The fraction of sp³-hybridized carbons (Fsp3) is 0.833. The van der Waals surface area contributed by atoms with E-state index in [1.165, 1.54) is 0 Å². The first kappa shape index (κ1) is 12.4. The van der Waals surface area contributed by atoms with E-state index in [4.69, 9.17) is 0 Å². The van der Waals surface area contributed by atoms with E-state index in [0.29, 0.717) is 18.9 Å². The standard InChI is InChI=1S/C12H21N3O2/c1-3-9(2)11(16)8-14-4-5-15-10(7-14)6-13-12(15)17/h9-10H,3-8H2,1-2H3,(H,13,17). The second-order valence-electron chi connectivity index (χ2n) is 5.04. The Labute approximate surface area is 102 Å². The number of nitrogens with one attached hydrogen (secondary N) is 1. The van der Waals surface area contributed by atoms with Crippen LogP contribution in [0.5, 0.6) is 0 Å². The number of Topliss-reactive ketones (excluding diaryl/α,β-unsaturated/α-hetero) is 1. The molecule has 0 aromatic carbocycles. The minimum absolute atomic E-state index is 0.0444. The molecule has 5 nitrogen and oxygen atoms in total. The number of hydrogen-bond acceptors (Lipinski definition) is 3. The SMILES string of the molecule is CCC(C)C(=O)CN1CCN2C(=O)NCC2C1. The molecule has 0 aromatic heterocycles. The van der Waals surface area contributed by atoms with E-state index in [9.17, 15) is 9.59 Å². The fourth-order valence-corrected chi connectivity index (χ4v) is 2.42. The molecule has 17 heavy (non-hydrogen) atoms. The number of piperazine rings is 1. The van der Waals surface area contributed by atoms with Crippen molar-refractivity contribution in [1.29, 1.82) is 0 Å². The van der Waals surface area contributed by atoms with E-state index in [0.717, 1.165) is 26.1 Å². The number of urea groups is 1. The topological polar surface area (TPSA) is 52.7 Å². The monoisotopic (exact) mass is 239 g/mol. The normalized spacial score (nSPS) is 26.6. The lowest BCUT2D eigenvalue weighted by Crippen LogP contribution is -2.53. The van der Waals surface area contributed by atoms with Gasteiger partial charge in [0.15, 0.2) is 0 Å². The second-order valence-corrected chi connectivity index (χ2v) is 5.04. The number of fused-ring (bicyclic) bond motifs is 1. The molecule has 2 unspecified atom stereocenters. The third-order valence-corrected chi connectivity index (χ3v) is 3.86. The maximum absolute atomic E-state index is 11.9. The molecule has 2 aliphatic rings. The summed E-state index contributed by atoms with van der Waals surface area (Å²) in [6.45, 7) is 7.65. The van der Waals surface area contributed by atoms with Gasteiger partial charge in [0.1, 0.15) is 5.78 Å². The van der Waals surface area contributed by atoms with Crippen LogP contribution in [0.3, 0.4) is 0 Å². The predicted octanol–water partition coefficient (Wildman–Crippen LogP) is 0.311. The lowest BCUT2D eigenvalue weighted by Gasteiger charge is -2.36. The van der Waals surface area contributed by atoms with Gasteiger partial charge in [0.05, 0.1) is 12.6 Å². The van der Waals surface area contributed by atoms with Gasteiger partial charge >= 0.3 is 6.03 Å². The molecule has 2 saturated heterocycles. The number of hydrogen-bond donors (Lipinski definition) is 1. The Balaban J connectivity index is 1.85. The van der Waals surface area contributed by atoms with Crippen LogP contribution in [0, 0.1) is 5.92 Å². The minimum Gasteiger partial charge on any atom is -0.336 e. The Morgan fingerprint density at radius 2 is 2.29 bits per heavy atom. The molecule has 2 aliphatic heterocycles. The highest BCUT2D eigenvalue weighted by Gasteiger charge is 2.35. The van der Waals surface area contributed by atoms with Gasteiger partial charge in [0, 0.05) is 32.1 Å². The summed E-state index contributed by atoms with van der Waals surface area (Å²) < 4.78 is 0. The molecule has 0 aromatic rings. The van der Waals surface area contributed by atoms with Gasteiger partial charge in [-0.15, -0.1) is 0 Å². The number of ketones is 1. The maximum Gasteiger partial charge on any atom is 0.317 e. The van der Waals surface area contributed by atoms with Crippen molar-refractivity contribution < 1.29 is 9.59 Å². The molecule has 0 aliphatic carbocycles. The van der Waals surface area contributed by atoms with E-state index >= 15 is 0 Å². The third-order valence-electron chi connectivity index (χ3n) is 3.86.